The first-order valence-corrected chi connectivity index (χ1v) is 4.11. The fraction of sp³-hybridized carbons (Fsp3) is 0.667. The van der Waals surface area contributed by atoms with E-state index in [4.69, 9.17) is 4.74 Å². The van der Waals surface area contributed by atoms with Crippen LogP contribution in [0.2, 0.25) is 0 Å². The van der Waals surface area contributed by atoms with E-state index in [1.807, 2.05) is 0 Å². The molecule has 0 aromatic carbocycles. The van der Waals surface area contributed by atoms with Gasteiger partial charge in [-0.1, -0.05) is 12.2 Å². The fourth-order valence-corrected chi connectivity index (χ4v) is 1.84. The average Bonchev–Trinajstić information content (AvgIpc) is 2.38. The summed E-state index contributed by atoms with van der Waals surface area (Å²) in [6.07, 6.45) is -0.937. The van der Waals surface area contributed by atoms with Crippen LogP contribution < -0.4 is 0 Å². The number of halogens is 2. The van der Waals surface area contributed by atoms with Gasteiger partial charge in [0.15, 0.2) is 12.3 Å². The predicted octanol–water partition coefficient (Wildman–Crippen LogP) is 1.35. The van der Waals surface area contributed by atoms with Crippen molar-refractivity contribution in [2.75, 3.05) is 0 Å². The van der Waals surface area contributed by atoms with E-state index in [1.165, 1.54) is 26.0 Å². The van der Waals surface area contributed by atoms with Gasteiger partial charge in [0, 0.05) is 0 Å². The molecule has 0 radical (unpaired) electrons. The standard InChI is InChI=1S/C9H10F2O2/c1-8-3-4-9(2,13-8)7(11)5(12)6(8)10/h3-4,6-7H,1-2H3/t6-,7+,8-,9+. The molecule has 1 saturated heterocycles. The molecule has 0 aromatic heterocycles. The quantitative estimate of drug-likeness (QED) is 0.536. The largest absolute Gasteiger partial charge is 0.354 e. The highest BCUT2D eigenvalue weighted by Crippen LogP contribution is 2.43. The van der Waals surface area contributed by atoms with E-state index in [0.29, 0.717) is 0 Å². The number of alkyl halides is 2. The summed E-state index contributed by atoms with van der Waals surface area (Å²) in [5.74, 6) is -1.01. The highest BCUT2D eigenvalue weighted by Gasteiger charge is 2.59. The topological polar surface area (TPSA) is 26.3 Å². The van der Waals surface area contributed by atoms with E-state index in [2.05, 4.69) is 0 Å². The number of fused-ring (bicyclic) bond motifs is 2. The third-order valence-electron chi connectivity index (χ3n) is 2.69. The van der Waals surface area contributed by atoms with Crippen molar-refractivity contribution in [2.24, 2.45) is 0 Å². The van der Waals surface area contributed by atoms with Crippen LogP contribution in [-0.2, 0) is 9.53 Å². The van der Waals surface area contributed by atoms with Crippen LogP contribution in [0.5, 0.6) is 0 Å². The average molecular weight is 188 g/mol. The molecule has 0 spiro atoms. The smallest absolute Gasteiger partial charge is 0.207 e. The van der Waals surface area contributed by atoms with Gasteiger partial charge in [-0.15, -0.1) is 0 Å². The van der Waals surface area contributed by atoms with E-state index in [1.54, 1.807) is 0 Å². The van der Waals surface area contributed by atoms with Crippen LogP contribution in [0.15, 0.2) is 12.2 Å². The molecule has 4 heteroatoms. The summed E-state index contributed by atoms with van der Waals surface area (Å²) in [7, 11) is 0. The molecular formula is C9H10F2O2. The maximum Gasteiger partial charge on any atom is 0.207 e. The second kappa shape index (κ2) is 2.18. The number of ether oxygens (including phenoxy) is 1. The van der Waals surface area contributed by atoms with Gasteiger partial charge in [0.25, 0.3) is 0 Å². The molecule has 0 amide bonds. The number of Topliss-reactive ketones (excluding diaryl/α,β-unsaturated/α-hetero) is 1. The summed E-state index contributed by atoms with van der Waals surface area (Å²) >= 11 is 0. The summed E-state index contributed by atoms with van der Waals surface area (Å²) in [5.41, 5.74) is -2.54. The monoisotopic (exact) mass is 188 g/mol. The number of carbonyl (C=O) groups is 1. The first-order valence-electron chi connectivity index (χ1n) is 4.11. The molecule has 0 aliphatic carbocycles. The van der Waals surface area contributed by atoms with Crippen molar-refractivity contribution in [2.45, 2.75) is 37.4 Å². The molecule has 13 heavy (non-hydrogen) atoms. The van der Waals surface area contributed by atoms with E-state index in [0.717, 1.165) is 0 Å². The van der Waals surface area contributed by atoms with Crippen LogP contribution in [-0.4, -0.2) is 29.3 Å². The summed E-state index contributed by atoms with van der Waals surface area (Å²) in [5, 5.41) is 0. The highest BCUT2D eigenvalue weighted by atomic mass is 19.1. The predicted molar refractivity (Wildman–Crippen MR) is 41.8 cm³/mol. The molecule has 0 unspecified atom stereocenters. The molecule has 2 bridgehead atoms. The summed E-state index contributed by atoms with van der Waals surface area (Å²) in [6.45, 7) is 2.90. The molecule has 1 fully saturated rings. The zero-order valence-electron chi connectivity index (χ0n) is 7.38. The van der Waals surface area contributed by atoms with Crippen LogP contribution in [0.4, 0.5) is 8.78 Å². The van der Waals surface area contributed by atoms with E-state index in [-0.39, 0.29) is 0 Å². The molecule has 4 atom stereocenters. The van der Waals surface area contributed by atoms with Gasteiger partial charge in [0.2, 0.25) is 5.78 Å². The van der Waals surface area contributed by atoms with Crippen LogP contribution in [0.1, 0.15) is 13.8 Å². The van der Waals surface area contributed by atoms with Crippen LogP contribution in [0.3, 0.4) is 0 Å². The first kappa shape index (κ1) is 8.81. The van der Waals surface area contributed by atoms with Crippen LogP contribution in [0, 0.1) is 0 Å². The molecule has 2 heterocycles. The van der Waals surface area contributed by atoms with E-state index >= 15 is 0 Å². The Morgan fingerprint density at radius 2 is 1.62 bits per heavy atom. The maximum atomic E-state index is 13.3. The lowest BCUT2D eigenvalue weighted by Crippen LogP contribution is -2.58. The number of hydrogen-bond acceptors (Lipinski definition) is 2. The Kier molecular flexibility index (Phi) is 1.48. The Morgan fingerprint density at radius 1 is 1.23 bits per heavy atom. The third-order valence-corrected chi connectivity index (χ3v) is 2.69. The molecule has 72 valence electrons. The number of hydrogen-bond donors (Lipinski definition) is 0. The van der Waals surface area contributed by atoms with Crippen molar-refractivity contribution in [3.05, 3.63) is 12.2 Å². The van der Waals surface area contributed by atoms with Gasteiger partial charge in [-0.3, -0.25) is 4.79 Å². The van der Waals surface area contributed by atoms with Gasteiger partial charge < -0.3 is 4.74 Å². The van der Waals surface area contributed by atoms with E-state index < -0.39 is 29.3 Å². The molecule has 0 N–H and O–H groups in total. The summed E-state index contributed by atoms with van der Waals surface area (Å²) in [6, 6.07) is 0. The fourth-order valence-electron chi connectivity index (χ4n) is 1.84. The SMILES string of the molecule is C[C@]12C=C[C@](C)(O1)[C@@H](F)C(=O)[C@H]2F. The lowest BCUT2D eigenvalue weighted by atomic mass is 9.89. The summed E-state index contributed by atoms with van der Waals surface area (Å²) in [4.78, 5) is 11.1. The van der Waals surface area contributed by atoms with Crippen molar-refractivity contribution in [3.63, 3.8) is 0 Å². The molecule has 2 aliphatic heterocycles. The summed E-state index contributed by atoms with van der Waals surface area (Å²) < 4.78 is 31.8. The van der Waals surface area contributed by atoms with Gasteiger partial charge >= 0.3 is 0 Å². The Labute approximate surface area is 74.6 Å². The molecule has 0 saturated carbocycles. The van der Waals surface area contributed by atoms with Crippen LogP contribution >= 0.6 is 0 Å². The van der Waals surface area contributed by atoms with Crippen molar-refractivity contribution in [1.82, 2.24) is 0 Å². The Bertz CT molecular complexity index is 276. The molecule has 0 aromatic rings. The van der Waals surface area contributed by atoms with E-state index in [9.17, 15) is 13.6 Å². The molecule has 2 rings (SSSR count). The minimum atomic E-state index is -1.89. The number of carbonyl (C=O) groups excluding carboxylic acids is 1. The van der Waals surface area contributed by atoms with Gasteiger partial charge in [-0.25, -0.2) is 8.78 Å². The Hall–Kier alpha value is -0.770. The van der Waals surface area contributed by atoms with Gasteiger partial charge in [-0.05, 0) is 13.8 Å². The lowest BCUT2D eigenvalue weighted by Gasteiger charge is -2.39. The Morgan fingerprint density at radius 3 is 2.00 bits per heavy atom. The minimum Gasteiger partial charge on any atom is -0.354 e. The third kappa shape index (κ3) is 0.921. The van der Waals surface area contributed by atoms with Gasteiger partial charge in [0.05, 0.1) is 0 Å². The second-order valence-corrected chi connectivity index (χ2v) is 3.93. The molecule has 2 nitrogen and oxygen atoms in total. The lowest BCUT2D eigenvalue weighted by molar-refractivity contribution is -0.185. The zero-order chi connectivity index (χ0) is 9.85. The van der Waals surface area contributed by atoms with Crippen LogP contribution in [0.25, 0.3) is 0 Å². The molecule has 2 aliphatic rings. The van der Waals surface area contributed by atoms with Gasteiger partial charge in [0.1, 0.15) is 11.2 Å². The normalized spacial score (nSPS) is 54.3. The highest BCUT2D eigenvalue weighted by molar-refractivity contribution is 5.91. The van der Waals surface area contributed by atoms with Crippen molar-refractivity contribution < 1.29 is 18.3 Å². The second-order valence-electron chi connectivity index (χ2n) is 3.93. The zero-order valence-corrected chi connectivity index (χ0v) is 7.38. The van der Waals surface area contributed by atoms with Crippen molar-refractivity contribution in [1.29, 1.82) is 0 Å². The van der Waals surface area contributed by atoms with Crippen molar-refractivity contribution in [3.8, 4) is 0 Å². The first-order chi connectivity index (χ1) is 5.89. The van der Waals surface area contributed by atoms with Crippen molar-refractivity contribution >= 4 is 5.78 Å². The number of ketones is 1. The molecular weight excluding hydrogens is 178 g/mol. The maximum absolute atomic E-state index is 13.3. The van der Waals surface area contributed by atoms with Gasteiger partial charge in [-0.2, -0.15) is 0 Å². The Balaban J connectivity index is 2.46. The minimum absolute atomic E-state index is 1.01. The number of rotatable bonds is 0.